The molecule has 6 nitrogen and oxygen atoms in total. The van der Waals surface area contributed by atoms with E-state index < -0.39 is 15.6 Å². The normalized spacial score (nSPS) is 13.2. The van der Waals surface area contributed by atoms with E-state index in [-0.39, 0.29) is 11.4 Å². The summed E-state index contributed by atoms with van der Waals surface area (Å²) in [5.74, 6) is -0.0302. The van der Waals surface area contributed by atoms with Crippen LogP contribution in [0.2, 0.25) is 0 Å². The van der Waals surface area contributed by atoms with Crippen molar-refractivity contribution in [2.75, 3.05) is 18.6 Å². The zero-order chi connectivity index (χ0) is 16.2. The fourth-order valence-corrected chi connectivity index (χ4v) is 3.25. The molecule has 0 saturated carbocycles. The van der Waals surface area contributed by atoms with Gasteiger partial charge in [0.05, 0.1) is 15.5 Å². The molecule has 116 valence electrons. The first-order chi connectivity index (χ1) is 10.4. The van der Waals surface area contributed by atoms with E-state index >= 15 is 0 Å². The summed E-state index contributed by atoms with van der Waals surface area (Å²) in [6.45, 7) is 1.76. The van der Waals surface area contributed by atoms with Gasteiger partial charge in [0.15, 0.2) is 0 Å². The lowest BCUT2D eigenvalue weighted by Gasteiger charge is -2.05. The SMILES string of the molecule is CNc1nc(C)cc(C(=O)N=S(C)(=O)Cc2ccccc2)n1. The summed E-state index contributed by atoms with van der Waals surface area (Å²) in [7, 11) is -1.00. The lowest BCUT2D eigenvalue weighted by atomic mass is 10.2. The van der Waals surface area contributed by atoms with E-state index in [4.69, 9.17) is 0 Å². The summed E-state index contributed by atoms with van der Waals surface area (Å²) in [5, 5.41) is 2.78. The summed E-state index contributed by atoms with van der Waals surface area (Å²) in [6, 6.07) is 10.9. The van der Waals surface area contributed by atoms with E-state index in [0.29, 0.717) is 11.6 Å². The molecule has 0 radical (unpaired) electrons. The molecule has 0 aliphatic heterocycles. The summed E-state index contributed by atoms with van der Waals surface area (Å²) < 4.78 is 16.4. The molecular formula is C15H18N4O2S. The molecule has 1 aromatic heterocycles. The van der Waals surface area contributed by atoms with Crippen LogP contribution in [-0.4, -0.2) is 33.4 Å². The summed E-state index contributed by atoms with van der Waals surface area (Å²) in [4.78, 5) is 20.4. The first-order valence-electron chi connectivity index (χ1n) is 6.71. The van der Waals surface area contributed by atoms with Gasteiger partial charge in [-0.05, 0) is 18.6 Å². The van der Waals surface area contributed by atoms with E-state index in [0.717, 1.165) is 5.56 Å². The Morgan fingerprint density at radius 2 is 1.95 bits per heavy atom. The van der Waals surface area contributed by atoms with Gasteiger partial charge in [0, 0.05) is 19.0 Å². The predicted molar refractivity (Wildman–Crippen MR) is 87.3 cm³/mol. The summed E-state index contributed by atoms with van der Waals surface area (Å²) >= 11 is 0. The van der Waals surface area contributed by atoms with Crippen LogP contribution >= 0.6 is 0 Å². The van der Waals surface area contributed by atoms with Gasteiger partial charge in [-0.25, -0.2) is 14.2 Å². The van der Waals surface area contributed by atoms with Crippen molar-refractivity contribution in [3.05, 3.63) is 53.3 Å². The topological polar surface area (TPSA) is 84.3 Å². The highest BCUT2D eigenvalue weighted by molar-refractivity contribution is 7.92. The first-order valence-corrected chi connectivity index (χ1v) is 8.80. The van der Waals surface area contributed by atoms with Gasteiger partial charge in [-0.2, -0.15) is 4.36 Å². The molecule has 1 atom stereocenters. The average molecular weight is 318 g/mol. The third kappa shape index (κ3) is 4.36. The van der Waals surface area contributed by atoms with E-state index in [1.807, 2.05) is 30.3 Å². The molecule has 1 unspecified atom stereocenters. The van der Waals surface area contributed by atoms with Crippen molar-refractivity contribution in [1.29, 1.82) is 0 Å². The number of amides is 1. The van der Waals surface area contributed by atoms with Crippen LogP contribution in [0.25, 0.3) is 0 Å². The standard InChI is InChI=1S/C15H18N4O2S/c1-11-9-13(18-15(16-2)17-11)14(20)19-22(3,21)10-12-7-5-4-6-8-12/h4-9H,10H2,1-3H3,(H,16,17,18). The molecule has 0 aliphatic carbocycles. The van der Waals surface area contributed by atoms with Crippen molar-refractivity contribution in [3.63, 3.8) is 0 Å². The fraction of sp³-hybridized carbons (Fsp3) is 0.267. The molecular weight excluding hydrogens is 300 g/mol. The maximum atomic E-state index is 12.5. The second-order valence-electron chi connectivity index (χ2n) is 4.95. The van der Waals surface area contributed by atoms with Gasteiger partial charge in [-0.15, -0.1) is 0 Å². The molecule has 2 rings (SSSR count). The maximum absolute atomic E-state index is 12.5. The van der Waals surface area contributed by atoms with E-state index in [1.54, 1.807) is 14.0 Å². The second-order valence-corrected chi connectivity index (χ2v) is 7.34. The van der Waals surface area contributed by atoms with Crippen LogP contribution in [0.5, 0.6) is 0 Å². The number of aryl methyl sites for hydroxylation is 1. The zero-order valence-corrected chi connectivity index (χ0v) is 13.6. The van der Waals surface area contributed by atoms with Gasteiger partial charge < -0.3 is 5.32 Å². The Morgan fingerprint density at radius 3 is 2.59 bits per heavy atom. The van der Waals surface area contributed by atoms with Crippen molar-refractivity contribution in [2.45, 2.75) is 12.7 Å². The third-order valence-electron chi connectivity index (χ3n) is 2.85. The number of nitrogens with zero attached hydrogens (tertiary/aromatic N) is 3. The lowest BCUT2D eigenvalue weighted by molar-refractivity contribution is 0.1000. The van der Waals surface area contributed by atoms with Gasteiger partial charge in [0.2, 0.25) is 5.95 Å². The van der Waals surface area contributed by atoms with Crippen molar-refractivity contribution in [1.82, 2.24) is 9.97 Å². The van der Waals surface area contributed by atoms with Crippen molar-refractivity contribution in [3.8, 4) is 0 Å². The number of hydrogen-bond donors (Lipinski definition) is 1. The number of benzene rings is 1. The summed E-state index contributed by atoms with van der Waals surface area (Å²) in [6.07, 6.45) is 1.48. The molecule has 22 heavy (non-hydrogen) atoms. The quantitative estimate of drug-likeness (QED) is 0.934. The Labute approximate surface area is 130 Å². The highest BCUT2D eigenvalue weighted by Gasteiger charge is 2.13. The van der Waals surface area contributed by atoms with Crippen molar-refractivity contribution in [2.24, 2.45) is 4.36 Å². The Kier molecular flexibility index (Phi) is 4.87. The predicted octanol–water partition coefficient (Wildman–Crippen LogP) is 2.26. The molecule has 0 aliphatic rings. The Morgan fingerprint density at radius 1 is 1.27 bits per heavy atom. The number of hydrogen-bond acceptors (Lipinski definition) is 5. The molecule has 0 fully saturated rings. The molecule has 0 bridgehead atoms. The van der Waals surface area contributed by atoms with Gasteiger partial charge in [0.1, 0.15) is 5.69 Å². The minimum Gasteiger partial charge on any atom is -0.357 e. The Bertz CT molecular complexity index is 796. The van der Waals surface area contributed by atoms with Crippen LogP contribution in [0.15, 0.2) is 40.8 Å². The smallest absolute Gasteiger partial charge is 0.303 e. The van der Waals surface area contributed by atoms with Crippen LogP contribution < -0.4 is 5.32 Å². The minimum absolute atomic E-state index is 0.138. The van der Waals surface area contributed by atoms with Crippen LogP contribution in [0.1, 0.15) is 21.7 Å². The molecule has 7 heteroatoms. The van der Waals surface area contributed by atoms with Gasteiger partial charge in [0.25, 0.3) is 0 Å². The number of carbonyl (C=O) groups excluding carboxylic acids is 1. The highest BCUT2D eigenvalue weighted by Crippen LogP contribution is 2.10. The van der Waals surface area contributed by atoms with Gasteiger partial charge in [-0.1, -0.05) is 30.3 Å². The van der Waals surface area contributed by atoms with Gasteiger partial charge >= 0.3 is 5.91 Å². The van der Waals surface area contributed by atoms with Crippen LogP contribution in [-0.2, 0) is 15.5 Å². The maximum Gasteiger partial charge on any atom is 0.303 e. The highest BCUT2D eigenvalue weighted by atomic mass is 32.2. The van der Waals surface area contributed by atoms with Crippen molar-refractivity contribution >= 4 is 21.6 Å². The van der Waals surface area contributed by atoms with Crippen LogP contribution in [0, 0.1) is 6.92 Å². The molecule has 1 heterocycles. The summed E-state index contributed by atoms with van der Waals surface area (Å²) in [5.41, 5.74) is 1.66. The largest absolute Gasteiger partial charge is 0.357 e. The van der Waals surface area contributed by atoms with E-state index in [2.05, 4.69) is 19.6 Å². The third-order valence-corrected chi connectivity index (χ3v) is 4.27. The van der Waals surface area contributed by atoms with Crippen LogP contribution in [0.4, 0.5) is 5.95 Å². The number of nitrogens with one attached hydrogen (secondary N) is 1. The average Bonchev–Trinajstić information content (AvgIpc) is 2.46. The second kappa shape index (κ2) is 6.65. The number of carbonyl (C=O) groups is 1. The molecule has 1 aromatic carbocycles. The molecule has 0 spiro atoms. The zero-order valence-electron chi connectivity index (χ0n) is 12.7. The Hall–Kier alpha value is -2.28. The number of rotatable bonds is 4. The first kappa shape index (κ1) is 16.1. The van der Waals surface area contributed by atoms with Crippen molar-refractivity contribution < 1.29 is 9.00 Å². The monoisotopic (exact) mass is 318 g/mol. The van der Waals surface area contributed by atoms with Gasteiger partial charge in [-0.3, -0.25) is 4.79 Å². The van der Waals surface area contributed by atoms with E-state index in [1.165, 1.54) is 12.3 Å². The van der Waals surface area contributed by atoms with E-state index in [9.17, 15) is 9.00 Å². The molecule has 1 N–H and O–H groups in total. The van der Waals surface area contributed by atoms with Crippen LogP contribution in [0.3, 0.4) is 0 Å². The molecule has 2 aromatic rings. The number of anilines is 1. The Balaban J connectivity index is 2.29. The minimum atomic E-state index is -2.67. The number of aromatic nitrogens is 2. The lowest BCUT2D eigenvalue weighted by Crippen LogP contribution is -2.09. The molecule has 0 saturated heterocycles. The molecule has 1 amide bonds. The fourth-order valence-electron chi connectivity index (χ4n) is 1.93.